The van der Waals surface area contributed by atoms with Gasteiger partial charge in [0.1, 0.15) is 28.7 Å². The van der Waals surface area contributed by atoms with E-state index in [1.54, 1.807) is 20.7 Å². The summed E-state index contributed by atoms with van der Waals surface area (Å²) in [6, 6.07) is 8.65. The highest BCUT2D eigenvalue weighted by atomic mass is 79.9. The Kier molecular flexibility index (Phi) is 11.7. The van der Waals surface area contributed by atoms with Crippen LogP contribution in [0.4, 0.5) is 8.78 Å². The minimum Gasteiger partial charge on any atom is -0.411 e. The predicted molar refractivity (Wildman–Crippen MR) is 214 cm³/mol. The summed E-state index contributed by atoms with van der Waals surface area (Å²) in [7, 11) is -6.40. The zero-order chi connectivity index (χ0) is 42.7. The number of fused-ring (bicyclic) bond motifs is 4. The van der Waals surface area contributed by atoms with E-state index >= 15 is 0 Å². The fourth-order valence-corrected chi connectivity index (χ4v) is 12.3. The lowest BCUT2D eigenvalue weighted by Crippen LogP contribution is -2.39. The van der Waals surface area contributed by atoms with Crippen molar-refractivity contribution in [3.63, 3.8) is 0 Å². The molecule has 0 amide bonds. The lowest BCUT2D eigenvalue weighted by molar-refractivity contribution is 0.256. The summed E-state index contributed by atoms with van der Waals surface area (Å²) in [5, 5.41) is 32.5. The average Bonchev–Trinajstić information content (AvgIpc) is 4.05. The number of hydrogen-bond acceptors (Lipinski definition) is 15. The van der Waals surface area contributed by atoms with E-state index in [0.29, 0.717) is 53.2 Å². The number of nitrogens with zero attached hydrogens (tertiary/aromatic N) is 9. The molecule has 24 heteroatoms. The van der Waals surface area contributed by atoms with Crippen LogP contribution in [0.3, 0.4) is 0 Å². The fraction of sp³-hybridized carbons (Fsp3) is 0.472. The third kappa shape index (κ3) is 8.49. The maximum Gasteiger partial charge on any atom is 0.446 e. The molecule has 60 heavy (non-hydrogen) atoms. The van der Waals surface area contributed by atoms with Gasteiger partial charge in [0.15, 0.2) is 11.4 Å². The number of rotatable bonds is 11. The minimum atomic E-state index is -3.21. The number of hydrogen-bond donors (Lipinski definition) is 1. The highest BCUT2D eigenvalue weighted by Crippen LogP contribution is 2.46. The second-order valence-electron chi connectivity index (χ2n) is 15.7. The van der Waals surface area contributed by atoms with Gasteiger partial charge in [0.05, 0.1) is 27.1 Å². The van der Waals surface area contributed by atoms with Gasteiger partial charge < -0.3 is 5.21 Å². The van der Waals surface area contributed by atoms with Crippen LogP contribution in [0, 0.1) is 35.3 Å². The Balaban J connectivity index is 0.000000167. The van der Waals surface area contributed by atoms with Crippen molar-refractivity contribution in [2.24, 2.45) is 28.8 Å². The van der Waals surface area contributed by atoms with Crippen molar-refractivity contribution in [1.29, 1.82) is 0 Å². The molecule has 320 valence electrons. The van der Waals surface area contributed by atoms with Crippen molar-refractivity contribution in [1.82, 2.24) is 39.0 Å². The maximum absolute atomic E-state index is 13.6. The molecule has 2 aliphatic heterocycles. The van der Waals surface area contributed by atoms with Gasteiger partial charge in [-0.05, 0) is 140 Å². The Morgan fingerprint density at radius 1 is 0.800 bits per heavy atom. The van der Waals surface area contributed by atoms with Gasteiger partial charge in [-0.25, -0.2) is 44.2 Å². The molecule has 0 spiro atoms. The van der Waals surface area contributed by atoms with Crippen LogP contribution in [-0.2, 0) is 39.3 Å². The third-order valence-corrected chi connectivity index (χ3v) is 15.7. The van der Waals surface area contributed by atoms with Gasteiger partial charge in [-0.1, -0.05) is 26.7 Å². The minimum absolute atomic E-state index is 0.00453. The van der Waals surface area contributed by atoms with Crippen LogP contribution in [0.2, 0.25) is 0 Å². The highest BCUT2D eigenvalue weighted by molar-refractivity contribution is 9.10. The largest absolute Gasteiger partial charge is 0.446 e. The summed E-state index contributed by atoms with van der Waals surface area (Å²) in [6.07, 6.45) is 6.95. The Hall–Kier alpha value is -4.23. The predicted octanol–water partition coefficient (Wildman–Crippen LogP) is 4.59. The quantitative estimate of drug-likeness (QED) is 0.108. The normalized spacial score (nSPS) is 24.3. The summed E-state index contributed by atoms with van der Waals surface area (Å²) in [4.78, 5) is 12.3. The molecule has 0 radical (unpaired) electrons. The van der Waals surface area contributed by atoms with Crippen molar-refractivity contribution < 1.29 is 44.6 Å². The molecule has 5 heterocycles. The maximum atomic E-state index is 13.6. The second kappa shape index (κ2) is 16.6. The topological polar surface area (TPSA) is 233 Å². The molecule has 3 aromatic heterocycles. The molecule has 2 saturated carbocycles. The summed E-state index contributed by atoms with van der Waals surface area (Å²) in [5.41, 5.74) is 3.08. The van der Waals surface area contributed by atoms with Crippen LogP contribution < -0.4 is 5.76 Å². The summed E-state index contributed by atoms with van der Waals surface area (Å²) >= 11 is 6.25. The molecule has 4 bridgehead atoms. The molecule has 1 N–H and O–H groups in total. The SMILES string of the molecule is CS(=O)(=O)N1CC2CC1CC2Cc1nonc1-c1noc(=O)n1-c1ccc(F)c(Br)c1.CS(=O)(=O)N1CC2CC1CC2Cc1nonc1C(Cc1ccc(F)c(Br)c1)=NO. The number of benzene rings is 2. The molecule has 6 unspecified atom stereocenters. The standard InChI is InChI=1S/C18H17BrFN5O5S.C18H20BrFN4O4S/c1-31(27,28)24-8-10-5-12(24)4-9(10)6-15-16(22-30-21-15)17-23-29-18(26)25(17)11-2-3-14(20)13(19)7-11;1-29(26,27)24-9-12-7-13(24)6-11(12)8-17-18(23-28-22-17)16(21-25)5-10-2-3-15(20)14(19)4-10/h2-3,7,9-10,12H,4-6,8H2,1H3;2-4,11-13,25H,5-9H2,1H3. The summed E-state index contributed by atoms with van der Waals surface area (Å²) < 4.78 is 94.1. The Bertz CT molecular complexity index is 2740. The van der Waals surface area contributed by atoms with Crippen LogP contribution in [0.25, 0.3) is 17.2 Å². The van der Waals surface area contributed by atoms with E-state index in [1.165, 1.54) is 41.3 Å². The van der Waals surface area contributed by atoms with Crippen LogP contribution in [0.5, 0.6) is 0 Å². The molecule has 18 nitrogen and oxygen atoms in total. The van der Waals surface area contributed by atoms with E-state index in [2.05, 4.69) is 62.8 Å². The molecular weight excluding hydrogens is 964 g/mol. The molecule has 5 aromatic rings. The molecule has 2 aromatic carbocycles. The lowest BCUT2D eigenvalue weighted by Gasteiger charge is -2.29. The van der Waals surface area contributed by atoms with Gasteiger partial charge in [-0.2, -0.15) is 8.61 Å². The van der Waals surface area contributed by atoms with Crippen molar-refractivity contribution >= 4 is 57.6 Å². The Morgan fingerprint density at radius 2 is 1.37 bits per heavy atom. The van der Waals surface area contributed by atoms with Crippen LogP contribution in [0.1, 0.15) is 48.3 Å². The molecular formula is C36H37Br2F2N9O9S2. The van der Waals surface area contributed by atoms with Gasteiger partial charge in [0.2, 0.25) is 25.9 Å². The smallest absolute Gasteiger partial charge is 0.411 e. The van der Waals surface area contributed by atoms with E-state index in [1.807, 2.05) is 0 Å². The highest BCUT2D eigenvalue weighted by Gasteiger charge is 2.49. The molecule has 4 fully saturated rings. The Morgan fingerprint density at radius 3 is 1.92 bits per heavy atom. The molecule has 2 saturated heterocycles. The van der Waals surface area contributed by atoms with Gasteiger partial charge in [-0.15, -0.1) is 0 Å². The number of sulfonamides is 2. The number of piperidine rings is 2. The third-order valence-electron chi connectivity index (χ3n) is 11.9. The van der Waals surface area contributed by atoms with Crippen molar-refractivity contribution in [2.45, 2.75) is 57.0 Å². The monoisotopic (exact) mass is 999 g/mol. The molecule has 4 aliphatic rings. The molecule has 2 aliphatic carbocycles. The fourth-order valence-electron chi connectivity index (χ4n) is 9.18. The second-order valence-corrected chi connectivity index (χ2v) is 21.2. The molecule has 6 atom stereocenters. The summed E-state index contributed by atoms with van der Waals surface area (Å²) in [6.45, 7) is 1.02. The number of aromatic nitrogens is 6. The lowest BCUT2D eigenvalue weighted by atomic mass is 9.89. The first kappa shape index (κ1) is 42.5. The first-order chi connectivity index (χ1) is 28.5. The van der Waals surface area contributed by atoms with Crippen LogP contribution >= 0.6 is 31.9 Å². The van der Waals surface area contributed by atoms with E-state index < -0.39 is 31.6 Å². The van der Waals surface area contributed by atoms with Gasteiger partial charge >= 0.3 is 5.76 Å². The number of oxime groups is 1. The first-order valence-electron chi connectivity index (χ1n) is 18.7. The zero-order valence-corrected chi connectivity index (χ0v) is 36.7. The number of halogens is 4. The van der Waals surface area contributed by atoms with Crippen molar-refractivity contribution in [2.75, 3.05) is 25.6 Å². The van der Waals surface area contributed by atoms with Crippen molar-refractivity contribution in [3.8, 4) is 17.2 Å². The van der Waals surface area contributed by atoms with Gasteiger partial charge in [0, 0.05) is 31.6 Å². The van der Waals surface area contributed by atoms with Crippen LogP contribution in [0.15, 0.2) is 69.1 Å². The van der Waals surface area contributed by atoms with E-state index in [4.69, 9.17) is 13.8 Å². The van der Waals surface area contributed by atoms with E-state index in [9.17, 15) is 35.6 Å². The van der Waals surface area contributed by atoms with Crippen LogP contribution in [-0.4, -0.2) is 104 Å². The van der Waals surface area contributed by atoms with Gasteiger partial charge in [-0.3, -0.25) is 4.52 Å². The van der Waals surface area contributed by atoms with Crippen molar-refractivity contribution in [3.05, 3.63) is 90.2 Å². The zero-order valence-electron chi connectivity index (χ0n) is 31.9. The van der Waals surface area contributed by atoms with Gasteiger partial charge in [0.25, 0.3) is 0 Å². The van der Waals surface area contributed by atoms with E-state index in [0.717, 1.165) is 31.2 Å². The average molecular weight is 1000 g/mol. The Labute approximate surface area is 358 Å². The first-order valence-corrected chi connectivity index (χ1v) is 24.0. The van der Waals surface area contributed by atoms with E-state index in [-0.39, 0.29) is 69.7 Å². The summed E-state index contributed by atoms with van der Waals surface area (Å²) in [5.74, 6) is -0.549. The molecule has 9 rings (SSSR count).